The molecule has 0 saturated heterocycles. The first-order valence-corrected chi connectivity index (χ1v) is 5.70. The molecule has 102 valence electrons. The van der Waals surface area contributed by atoms with Crippen LogP contribution in [0.25, 0.3) is 0 Å². The fourth-order valence-corrected chi connectivity index (χ4v) is 1.66. The Morgan fingerprint density at radius 2 is 2.15 bits per heavy atom. The number of hydrogen-bond donors (Lipinski definition) is 2. The van der Waals surface area contributed by atoms with Crippen LogP contribution in [-0.2, 0) is 0 Å². The van der Waals surface area contributed by atoms with Crippen molar-refractivity contribution in [3.05, 3.63) is 57.9 Å². The van der Waals surface area contributed by atoms with E-state index >= 15 is 0 Å². The van der Waals surface area contributed by atoms with E-state index in [1.54, 1.807) is 19.1 Å². The third kappa shape index (κ3) is 2.72. The molecule has 0 atom stereocenters. The molecule has 3 N–H and O–H groups in total. The summed E-state index contributed by atoms with van der Waals surface area (Å²) in [6, 6.07) is 6.06. The van der Waals surface area contributed by atoms with E-state index in [1.165, 1.54) is 24.5 Å². The van der Waals surface area contributed by atoms with Crippen LogP contribution in [0.15, 0.2) is 36.7 Å². The Hall–Kier alpha value is -2.96. The van der Waals surface area contributed by atoms with Gasteiger partial charge in [0, 0.05) is 12.3 Å². The van der Waals surface area contributed by atoms with Crippen molar-refractivity contribution in [2.45, 2.75) is 6.92 Å². The van der Waals surface area contributed by atoms with E-state index in [0.717, 1.165) is 5.56 Å². The molecule has 0 saturated carbocycles. The minimum atomic E-state index is -0.529. The highest BCUT2D eigenvalue weighted by Gasteiger charge is 2.17. The highest BCUT2D eigenvalue weighted by Crippen LogP contribution is 2.33. The number of aryl methyl sites for hydroxylation is 1. The molecular formula is C13H12N4O3. The summed E-state index contributed by atoms with van der Waals surface area (Å²) >= 11 is 0. The molecule has 0 bridgehead atoms. The predicted octanol–water partition coefficient (Wildman–Crippen LogP) is 2.37. The van der Waals surface area contributed by atoms with Crippen molar-refractivity contribution in [2.24, 2.45) is 5.73 Å². The van der Waals surface area contributed by atoms with E-state index in [1.807, 2.05) is 0 Å². The first-order valence-electron chi connectivity index (χ1n) is 5.70. The zero-order valence-electron chi connectivity index (χ0n) is 10.7. The summed E-state index contributed by atoms with van der Waals surface area (Å²) in [5.74, 6) is 0.0944. The Balaban J connectivity index is 2.47. The average Bonchev–Trinajstić information content (AvgIpc) is 2.38. The van der Waals surface area contributed by atoms with E-state index < -0.39 is 4.92 Å². The molecule has 7 heteroatoms. The number of pyridine rings is 1. The Morgan fingerprint density at radius 3 is 2.80 bits per heavy atom. The topological polar surface area (TPSA) is 115 Å². The fraction of sp³-hybridized carbons (Fsp3) is 0.0769. The second kappa shape index (κ2) is 5.35. The largest absolute Gasteiger partial charge is 0.448 e. The van der Waals surface area contributed by atoms with Crippen LogP contribution < -0.4 is 10.5 Å². The minimum Gasteiger partial charge on any atom is -0.448 e. The van der Waals surface area contributed by atoms with Gasteiger partial charge in [0.1, 0.15) is 5.84 Å². The number of rotatable bonds is 4. The number of nitro benzene ring substituents is 1. The Kier molecular flexibility index (Phi) is 3.60. The summed E-state index contributed by atoms with van der Waals surface area (Å²) in [4.78, 5) is 14.3. The molecule has 0 aliphatic heterocycles. The Labute approximate surface area is 114 Å². The second-order valence-corrected chi connectivity index (χ2v) is 4.12. The number of benzene rings is 1. The predicted molar refractivity (Wildman–Crippen MR) is 73.2 cm³/mol. The van der Waals surface area contributed by atoms with Gasteiger partial charge in [-0.05, 0) is 24.6 Å². The number of nitrogen functional groups attached to an aromatic ring is 1. The van der Waals surface area contributed by atoms with Crippen LogP contribution in [0, 0.1) is 22.4 Å². The lowest BCUT2D eigenvalue weighted by Gasteiger charge is -2.10. The molecule has 2 rings (SSSR count). The van der Waals surface area contributed by atoms with Gasteiger partial charge in [0.25, 0.3) is 0 Å². The maximum atomic E-state index is 11.0. The number of nitrogens with one attached hydrogen (secondary N) is 1. The lowest BCUT2D eigenvalue weighted by molar-refractivity contribution is -0.385. The van der Waals surface area contributed by atoms with Crippen LogP contribution in [-0.4, -0.2) is 15.7 Å². The molecule has 1 aromatic carbocycles. The smallest absolute Gasteiger partial charge is 0.311 e. The van der Waals surface area contributed by atoms with Crippen LogP contribution in [0.4, 0.5) is 5.69 Å². The molecule has 0 unspecified atom stereocenters. The summed E-state index contributed by atoms with van der Waals surface area (Å²) in [7, 11) is 0. The SMILES string of the molecule is Cc1ccc([N+](=O)[O-])c(Oc2cnccc2C(=N)N)c1. The Bertz CT molecular complexity index is 685. The highest BCUT2D eigenvalue weighted by molar-refractivity contribution is 5.97. The third-order valence-electron chi connectivity index (χ3n) is 2.61. The summed E-state index contributed by atoms with van der Waals surface area (Å²) in [6.45, 7) is 1.80. The van der Waals surface area contributed by atoms with Crippen molar-refractivity contribution in [1.29, 1.82) is 5.41 Å². The number of hydrogen-bond acceptors (Lipinski definition) is 5. The van der Waals surface area contributed by atoms with Crippen molar-refractivity contribution in [3.63, 3.8) is 0 Å². The maximum absolute atomic E-state index is 11.0. The van der Waals surface area contributed by atoms with Crippen LogP contribution in [0.2, 0.25) is 0 Å². The maximum Gasteiger partial charge on any atom is 0.311 e. The average molecular weight is 272 g/mol. The van der Waals surface area contributed by atoms with E-state index in [9.17, 15) is 10.1 Å². The second-order valence-electron chi connectivity index (χ2n) is 4.12. The van der Waals surface area contributed by atoms with Crippen molar-refractivity contribution in [1.82, 2.24) is 4.98 Å². The van der Waals surface area contributed by atoms with Gasteiger partial charge in [-0.1, -0.05) is 6.07 Å². The third-order valence-corrected chi connectivity index (χ3v) is 2.61. The quantitative estimate of drug-likeness (QED) is 0.383. The molecular weight excluding hydrogens is 260 g/mol. The van der Waals surface area contributed by atoms with E-state index in [0.29, 0.717) is 5.56 Å². The summed E-state index contributed by atoms with van der Waals surface area (Å²) in [5.41, 5.74) is 6.43. The fourth-order valence-electron chi connectivity index (χ4n) is 1.66. The van der Waals surface area contributed by atoms with E-state index in [-0.39, 0.29) is 23.0 Å². The molecule has 0 aliphatic carbocycles. The molecule has 0 radical (unpaired) electrons. The van der Waals surface area contributed by atoms with Crippen LogP contribution in [0.5, 0.6) is 11.5 Å². The molecule has 0 amide bonds. The van der Waals surface area contributed by atoms with Crippen LogP contribution in [0.3, 0.4) is 0 Å². The number of nitrogens with zero attached hydrogens (tertiary/aromatic N) is 2. The van der Waals surface area contributed by atoms with Crippen LogP contribution in [0.1, 0.15) is 11.1 Å². The molecule has 7 nitrogen and oxygen atoms in total. The number of nitro groups is 1. The monoisotopic (exact) mass is 272 g/mol. The lowest BCUT2D eigenvalue weighted by Crippen LogP contribution is -2.12. The van der Waals surface area contributed by atoms with Crippen molar-refractivity contribution in [3.8, 4) is 11.5 Å². The number of nitrogens with two attached hydrogens (primary N) is 1. The Morgan fingerprint density at radius 1 is 1.40 bits per heavy atom. The van der Waals surface area contributed by atoms with Crippen molar-refractivity contribution in [2.75, 3.05) is 0 Å². The minimum absolute atomic E-state index is 0.0884. The molecule has 20 heavy (non-hydrogen) atoms. The number of aromatic nitrogens is 1. The molecule has 0 fully saturated rings. The van der Waals surface area contributed by atoms with Crippen molar-refractivity contribution < 1.29 is 9.66 Å². The first kappa shape index (κ1) is 13.5. The molecule has 0 spiro atoms. The van der Waals surface area contributed by atoms with Gasteiger partial charge >= 0.3 is 5.69 Å². The van der Waals surface area contributed by atoms with Crippen LogP contribution >= 0.6 is 0 Å². The zero-order valence-corrected chi connectivity index (χ0v) is 10.7. The van der Waals surface area contributed by atoms with Crippen molar-refractivity contribution >= 4 is 11.5 Å². The standard InChI is InChI=1S/C13H12N4O3/c1-8-2-3-10(17(18)19)11(6-8)20-12-7-16-5-4-9(12)13(14)15/h2-7H,1H3,(H3,14,15). The summed E-state index contributed by atoms with van der Waals surface area (Å²) < 4.78 is 5.52. The lowest BCUT2D eigenvalue weighted by atomic mass is 10.2. The molecule has 2 aromatic rings. The van der Waals surface area contributed by atoms with Gasteiger partial charge in [-0.2, -0.15) is 0 Å². The normalized spacial score (nSPS) is 10.1. The van der Waals surface area contributed by atoms with Gasteiger partial charge in [-0.15, -0.1) is 0 Å². The van der Waals surface area contributed by atoms with Gasteiger partial charge in [0.05, 0.1) is 16.7 Å². The zero-order chi connectivity index (χ0) is 14.7. The van der Waals surface area contributed by atoms with Gasteiger partial charge in [-0.3, -0.25) is 20.5 Å². The van der Waals surface area contributed by atoms with Gasteiger partial charge in [-0.25, -0.2) is 0 Å². The number of amidine groups is 1. The van der Waals surface area contributed by atoms with Gasteiger partial charge < -0.3 is 10.5 Å². The van der Waals surface area contributed by atoms with E-state index in [2.05, 4.69) is 4.98 Å². The summed E-state index contributed by atoms with van der Waals surface area (Å²) in [6.07, 6.45) is 2.83. The highest BCUT2D eigenvalue weighted by atomic mass is 16.6. The molecule has 0 aliphatic rings. The number of ether oxygens (including phenoxy) is 1. The molecule has 1 heterocycles. The first-order chi connectivity index (χ1) is 9.49. The molecule has 1 aromatic heterocycles. The van der Waals surface area contributed by atoms with Gasteiger partial charge in [0.2, 0.25) is 5.75 Å². The van der Waals surface area contributed by atoms with E-state index in [4.69, 9.17) is 15.9 Å². The van der Waals surface area contributed by atoms with Gasteiger partial charge in [0.15, 0.2) is 5.75 Å². The summed E-state index contributed by atoms with van der Waals surface area (Å²) in [5, 5.41) is 18.4.